The van der Waals surface area contributed by atoms with Crippen LogP contribution in [0.1, 0.15) is 35.2 Å². The van der Waals surface area contributed by atoms with E-state index in [1.807, 2.05) is 0 Å². The summed E-state index contributed by atoms with van der Waals surface area (Å²) in [7, 11) is -3.51. The van der Waals surface area contributed by atoms with Crippen molar-refractivity contribution in [3.8, 4) is 0 Å². The van der Waals surface area contributed by atoms with E-state index in [2.05, 4.69) is 4.90 Å². The van der Waals surface area contributed by atoms with Gasteiger partial charge in [-0.25, -0.2) is 12.8 Å². The van der Waals surface area contributed by atoms with E-state index in [0.29, 0.717) is 30.0 Å². The maximum Gasteiger partial charge on any atom is 0.419 e. The average Bonchev–Trinajstić information content (AvgIpc) is 2.82. The van der Waals surface area contributed by atoms with Gasteiger partial charge in [-0.05, 0) is 55.7 Å². The monoisotopic (exact) mass is 513 g/mol. The van der Waals surface area contributed by atoms with E-state index in [-0.39, 0.29) is 23.9 Å². The van der Waals surface area contributed by atoms with Gasteiger partial charge in [-0.3, -0.25) is 4.79 Å². The zero-order chi connectivity index (χ0) is 25.4. The molecule has 0 atom stereocenters. The lowest BCUT2D eigenvalue weighted by atomic mass is 10.1. The molecular weight excluding hydrogens is 486 g/mol. The lowest BCUT2D eigenvalue weighted by molar-refractivity contribution is -0.139. The second kappa shape index (κ2) is 9.67. The Morgan fingerprint density at radius 2 is 1.51 bits per heavy atom. The van der Waals surface area contributed by atoms with E-state index in [1.54, 1.807) is 15.9 Å². The highest BCUT2D eigenvalue weighted by atomic mass is 32.2. The normalized spacial score (nSPS) is 17.6. The Morgan fingerprint density at radius 1 is 0.857 bits per heavy atom. The summed E-state index contributed by atoms with van der Waals surface area (Å²) in [5.74, 6) is -1.63. The summed E-state index contributed by atoms with van der Waals surface area (Å²) >= 11 is 0. The first-order valence-corrected chi connectivity index (χ1v) is 13.3. The van der Waals surface area contributed by atoms with Gasteiger partial charge in [-0.2, -0.15) is 13.2 Å². The number of nitrogens with zero attached hydrogens (tertiary/aromatic N) is 3. The summed E-state index contributed by atoms with van der Waals surface area (Å²) in [6.07, 6.45) is -0.583. The van der Waals surface area contributed by atoms with Crippen LogP contribution in [0.15, 0.2) is 41.3 Å². The first kappa shape index (κ1) is 25.3. The van der Waals surface area contributed by atoms with E-state index >= 15 is 0 Å². The number of halogens is 4. The van der Waals surface area contributed by atoms with Crippen LogP contribution < -0.4 is 9.80 Å². The molecule has 2 aliphatic rings. The number of rotatable bonds is 4. The number of sulfone groups is 1. The molecule has 0 bridgehead atoms. The van der Waals surface area contributed by atoms with Gasteiger partial charge in [0, 0.05) is 56.9 Å². The Kier molecular flexibility index (Phi) is 6.99. The average molecular weight is 514 g/mol. The van der Waals surface area contributed by atoms with Crippen molar-refractivity contribution in [3.63, 3.8) is 0 Å². The zero-order valence-electron chi connectivity index (χ0n) is 19.3. The fraction of sp³-hybridized carbons (Fsp3) is 0.458. The highest BCUT2D eigenvalue weighted by molar-refractivity contribution is 7.90. The van der Waals surface area contributed by atoms with Crippen molar-refractivity contribution >= 4 is 27.1 Å². The molecule has 2 aromatic rings. The lowest BCUT2D eigenvalue weighted by Gasteiger charge is -2.37. The Hall–Kier alpha value is -2.82. The first-order valence-electron chi connectivity index (χ1n) is 11.5. The second-order valence-electron chi connectivity index (χ2n) is 8.94. The smallest absolute Gasteiger partial charge is 0.371 e. The number of amides is 1. The summed E-state index contributed by atoms with van der Waals surface area (Å²) in [4.78, 5) is 19.0. The van der Waals surface area contributed by atoms with Crippen molar-refractivity contribution in [2.24, 2.45) is 0 Å². The molecule has 2 saturated heterocycles. The van der Waals surface area contributed by atoms with Crippen LogP contribution in [0.5, 0.6) is 0 Å². The fourth-order valence-corrected chi connectivity index (χ4v) is 5.24. The van der Waals surface area contributed by atoms with Gasteiger partial charge < -0.3 is 14.7 Å². The quantitative estimate of drug-likeness (QED) is 0.574. The maximum atomic E-state index is 14.0. The number of piperazine rings is 1. The van der Waals surface area contributed by atoms with E-state index < -0.39 is 27.4 Å². The molecule has 11 heteroatoms. The molecule has 2 aromatic carbocycles. The van der Waals surface area contributed by atoms with Crippen molar-refractivity contribution in [3.05, 3.63) is 53.3 Å². The SMILES string of the molecule is CS(=O)(=O)c1ccc(N2CCCCC2)c(C(=O)N2CCN(c3ccc(C(F)(F)F)c(F)c3)CC2)c1. The molecule has 0 spiro atoms. The number of anilines is 2. The van der Waals surface area contributed by atoms with Gasteiger partial charge in [0.1, 0.15) is 5.82 Å². The molecule has 0 aliphatic carbocycles. The molecule has 2 fully saturated rings. The van der Waals surface area contributed by atoms with Crippen molar-refractivity contribution in [2.75, 3.05) is 55.3 Å². The highest BCUT2D eigenvalue weighted by Gasteiger charge is 2.34. The Balaban J connectivity index is 1.53. The van der Waals surface area contributed by atoms with Crippen molar-refractivity contribution in [1.82, 2.24) is 4.90 Å². The van der Waals surface area contributed by atoms with E-state index in [9.17, 15) is 30.8 Å². The van der Waals surface area contributed by atoms with Crippen LogP contribution in [0, 0.1) is 5.82 Å². The van der Waals surface area contributed by atoms with Gasteiger partial charge in [-0.1, -0.05) is 0 Å². The van der Waals surface area contributed by atoms with Gasteiger partial charge >= 0.3 is 6.18 Å². The molecule has 0 N–H and O–H groups in total. The Morgan fingerprint density at radius 3 is 2.09 bits per heavy atom. The molecule has 4 rings (SSSR count). The fourth-order valence-electron chi connectivity index (χ4n) is 4.60. The van der Waals surface area contributed by atoms with Gasteiger partial charge in [0.25, 0.3) is 5.91 Å². The molecule has 2 aliphatic heterocycles. The van der Waals surface area contributed by atoms with Crippen LogP contribution in [0.25, 0.3) is 0 Å². The molecule has 190 valence electrons. The molecule has 0 saturated carbocycles. The van der Waals surface area contributed by atoms with E-state index in [0.717, 1.165) is 50.7 Å². The van der Waals surface area contributed by atoms with Crippen molar-refractivity contribution in [2.45, 2.75) is 30.3 Å². The molecular formula is C24H27F4N3O3S. The van der Waals surface area contributed by atoms with Crippen LogP contribution in [0.3, 0.4) is 0 Å². The number of alkyl halides is 3. The molecule has 2 heterocycles. The summed E-state index contributed by atoms with van der Waals surface area (Å²) < 4.78 is 76.9. The van der Waals surface area contributed by atoms with Gasteiger partial charge in [0.2, 0.25) is 0 Å². The minimum absolute atomic E-state index is 0.0699. The number of carbonyl (C=O) groups excluding carboxylic acids is 1. The maximum absolute atomic E-state index is 14.0. The van der Waals surface area contributed by atoms with Crippen LogP contribution in [-0.4, -0.2) is 64.7 Å². The standard InChI is InChI=1S/C24H27F4N3O3S/c1-35(33,34)18-6-8-22(30-9-3-2-4-10-30)19(16-18)23(32)31-13-11-29(12-14-31)17-5-7-20(21(25)15-17)24(26,27)28/h5-8,15-16H,2-4,9-14H2,1H3. The Labute approximate surface area is 202 Å². The molecule has 0 radical (unpaired) electrons. The minimum atomic E-state index is -4.76. The molecule has 35 heavy (non-hydrogen) atoms. The second-order valence-corrected chi connectivity index (χ2v) is 11.0. The molecule has 6 nitrogen and oxygen atoms in total. The third-order valence-corrected chi connectivity index (χ3v) is 7.62. The Bertz CT molecular complexity index is 1200. The topological polar surface area (TPSA) is 60.9 Å². The van der Waals surface area contributed by atoms with E-state index in [1.165, 1.54) is 18.2 Å². The molecule has 0 unspecified atom stereocenters. The highest BCUT2D eigenvalue weighted by Crippen LogP contribution is 2.34. The molecule has 0 aromatic heterocycles. The third-order valence-electron chi connectivity index (χ3n) is 6.51. The minimum Gasteiger partial charge on any atom is -0.371 e. The number of hydrogen-bond donors (Lipinski definition) is 0. The van der Waals surface area contributed by atoms with Crippen LogP contribution in [-0.2, 0) is 16.0 Å². The van der Waals surface area contributed by atoms with E-state index in [4.69, 9.17) is 0 Å². The van der Waals surface area contributed by atoms with Crippen molar-refractivity contribution < 1.29 is 30.8 Å². The number of benzene rings is 2. The molecule has 1 amide bonds. The summed E-state index contributed by atoms with van der Waals surface area (Å²) in [6.45, 7) is 2.72. The summed E-state index contributed by atoms with van der Waals surface area (Å²) in [6, 6.07) is 7.46. The number of piperidine rings is 1. The summed E-state index contributed by atoms with van der Waals surface area (Å²) in [5, 5.41) is 0. The number of carbonyl (C=O) groups is 1. The third kappa shape index (κ3) is 5.55. The zero-order valence-corrected chi connectivity index (χ0v) is 20.1. The van der Waals surface area contributed by atoms with Crippen LogP contribution in [0.4, 0.5) is 28.9 Å². The largest absolute Gasteiger partial charge is 0.419 e. The van der Waals surface area contributed by atoms with Gasteiger partial charge in [0.05, 0.1) is 16.0 Å². The van der Waals surface area contributed by atoms with Crippen LogP contribution >= 0.6 is 0 Å². The predicted molar refractivity (Wildman–Crippen MR) is 125 cm³/mol. The first-order chi connectivity index (χ1) is 16.4. The van der Waals surface area contributed by atoms with Gasteiger partial charge in [0.15, 0.2) is 9.84 Å². The van der Waals surface area contributed by atoms with Gasteiger partial charge in [-0.15, -0.1) is 0 Å². The predicted octanol–water partition coefficient (Wildman–Crippen LogP) is 4.20. The van der Waals surface area contributed by atoms with Crippen molar-refractivity contribution in [1.29, 1.82) is 0 Å². The lowest BCUT2D eigenvalue weighted by Crippen LogP contribution is -2.49. The van der Waals surface area contributed by atoms with Crippen LogP contribution in [0.2, 0.25) is 0 Å². The number of hydrogen-bond acceptors (Lipinski definition) is 5. The summed E-state index contributed by atoms with van der Waals surface area (Å²) in [5.41, 5.74) is 0.0277.